The van der Waals surface area contributed by atoms with E-state index in [2.05, 4.69) is 28.4 Å². The lowest BCUT2D eigenvalue weighted by Crippen LogP contribution is -2.27. The van der Waals surface area contributed by atoms with E-state index in [1.165, 1.54) is 0 Å². The Kier molecular flexibility index (Phi) is 5.53. The van der Waals surface area contributed by atoms with Gasteiger partial charge in [0.25, 0.3) is 5.56 Å². The van der Waals surface area contributed by atoms with Crippen molar-refractivity contribution in [3.05, 3.63) is 59.4 Å². The summed E-state index contributed by atoms with van der Waals surface area (Å²) in [5.41, 5.74) is 3.69. The van der Waals surface area contributed by atoms with Crippen molar-refractivity contribution in [1.82, 2.24) is 19.3 Å². The average molecular weight is 379 g/mol. The quantitative estimate of drug-likeness (QED) is 0.712. The van der Waals surface area contributed by atoms with Crippen molar-refractivity contribution in [2.24, 2.45) is 0 Å². The molecule has 1 aliphatic heterocycles. The van der Waals surface area contributed by atoms with Gasteiger partial charge in [-0.05, 0) is 37.5 Å². The van der Waals surface area contributed by atoms with Gasteiger partial charge in [-0.3, -0.25) is 9.78 Å². The van der Waals surface area contributed by atoms with Gasteiger partial charge in [-0.2, -0.15) is 5.10 Å². The molecule has 0 saturated carbocycles. The van der Waals surface area contributed by atoms with Gasteiger partial charge in [0.05, 0.1) is 29.5 Å². The van der Waals surface area contributed by atoms with Gasteiger partial charge in [-0.1, -0.05) is 6.92 Å². The zero-order chi connectivity index (χ0) is 19.3. The molecule has 4 rings (SSSR count). The molecule has 1 aliphatic rings. The van der Waals surface area contributed by atoms with Gasteiger partial charge < -0.3 is 14.6 Å². The number of ether oxygens (including phenoxy) is 1. The highest BCUT2D eigenvalue weighted by Crippen LogP contribution is 2.21. The molecular weight excluding hydrogens is 354 g/mol. The normalized spacial score (nSPS) is 14.9. The smallest absolute Gasteiger partial charge is 0.250 e. The van der Waals surface area contributed by atoms with Crippen LogP contribution >= 0.6 is 0 Å². The van der Waals surface area contributed by atoms with Gasteiger partial charge in [0.1, 0.15) is 0 Å². The molecule has 3 aromatic rings. The molecule has 7 heteroatoms. The molecule has 28 heavy (non-hydrogen) atoms. The topological polar surface area (TPSA) is 74.0 Å². The van der Waals surface area contributed by atoms with Crippen LogP contribution in [0.4, 0.5) is 5.69 Å². The number of pyridine rings is 2. The predicted molar refractivity (Wildman–Crippen MR) is 109 cm³/mol. The number of anilines is 1. The number of hydrogen-bond acceptors (Lipinski definition) is 5. The number of nitrogens with zero attached hydrogens (tertiary/aromatic N) is 4. The second-order valence-corrected chi connectivity index (χ2v) is 7.06. The van der Waals surface area contributed by atoms with Crippen molar-refractivity contribution in [3.8, 4) is 16.9 Å². The van der Waals surface area contributed by atoms with Gasteiger partial charge >= 0.3 is 0 Å². The zero-order valence-corrected chi connectivity index (χ0v) is 16.0. The lowest BCUT2D eigenvalue weighted by atomic mass is 10.1. The zero-order valence-electron chi connectivity index (χ0n) is 16.0. The Morgan fingerprint density at radius 1 is 1.14 bits per heavy atom. The molecule has 3 aromatic heterocycles. The van der Waals surface area contributed by atoms with E-state index in [0.29, 0.717) is 12.6 Å². The number of rotatable bonds is 6. The third-order valence-electron chi connectivity index (χ3n) is 4.93. The second-order valence-electron chi connectivity index (χ2n) is 7.06. The highest BCUT2D eigenvalue weighted by Gasteiger charge is 2.13. The maximum absolute atomic E-state index is 11.9. The molecule has 0 amide bonds. The Bertz CT molecular complexity index is 971. The fourth-order valence-electron chi connectivity index (χ4n) is 3.39. The van der Waals surface area contributed by atoms with E-state index in [-0.39, 0.29) is 5.56 Å². The first kappa shape index (κ1) is 18.4. The van der Waals surface area contributed by atoms with Crippen LogP contribution in [0.3, 0.4) is 0 Å². The summed E-state index contributed by atoms with van der Waals surface area (Å²) in [7, 11) is 0. The maximum atomic E-state index is 11.9. The van der Waals surface area contributed by atoms with Crippen molar-refractivity contribution < 1.29 is 4.74 Å². The third-order valence-corrected chi connectivity index (χ3v) is 4.93. The van der Waals surface area contributed by atoms with Gasteiger partial charge in [0.2, 0.25) is 0 Å². The average Bonchev–Trinajstić information content (AvgIpc) is 3.21. The van der Waals surface area contributed by atoms with Crippen LogP contribution < -0.4 is 10.9 Å². The SMILES string of the molecule is CCCn1cc(-n2cc(-c3ccc(NC4CCOCC4)cn3)cn2)ccc1=O. The van der Waals surface area contributed by atoms with Crippen molar-refractivity contribution in [2.45, 2.75) is 38.8 Å². The molecule has 0 aliphatic carbocycles. The van der Waals surface area contributed by atoms with E-state index in [1.807, 2.05) is 24.7 Å². The highest BCUT2D eigenvalue weighted by molar-refractivity contribution is 5.60. The van der Waals surface area contributed by atoms with Crippen molar-refractivity contribution in [1.29, 1.82) is 0 Å². The number of aryl methyl sites for hydroxylation is 1. The van der Waals surface area contributed by atoms with Crippen LogP contribution in [0.2, 0.25) is 0 Å². The molecule has 7 nitrogen and oxygen atoms in total. The number of aromatic nitrogens is 4. The van der Waals surface area contributed by atoms with Gasteiger partial charge in [-0.25, -0.2) is 4.68 Å². The van der Waals surface area contributed by atoms with Gasteiger partial charge in [0.15, 0.2) is 0 Å². The first-order valence-electron chi connectivity index (χ1n) is 9.79. The van der Waals surface area contributed by atoms with Gasteiger partial charge in [0, 0.05) is 49.8 Å². The van der Waals surface area contributed by atoms with Gasteiger partial charge in [-0.15, -0.1) is 0 Å². The van der Waals surface area contributed by atoms with E-state index in [9.17, 15) is 4.79 Å². The van der Waals surface area contributed by atoms with E-state index in [4.69, 9.17) is 4.74 Å². The summed E-state index contributed by atoms with van der Waals surface area (Å²) in [6, 6.07) is 7.88. The summed E-state index contributed by atoms with van der Waals surface area (Å²) in [5, 5.41) is 7.96. The highest BCUT2D eigenvalue weighted by atomic mass is 16.5. The van der Waals surface area contributed by atoms with Crippen molar-refractivity contribution in [2.75, 3.05) is 18.5 Å². The minimum Gasteiger partial charge on any atom is -0.381 e. The lowest BCUT2D eigenvalue weighted by Gasteiger charge is -2.23. The molecule has 1 saturated heterocycles. The summed E-state index contributed by atoms with van der Waals surface area (Å²) < 4.78 is 8.89. The Morgan fingerprint density at radius 2 is 2.00 bits per heavy atom. The van der Waals surface area contributed by atoms with Crippen LogP contribution in [0.1, 0.15) is 26.2 Å². The van der Waals surface area contributed by atoms with E-state index >= 15 is 0 Å². The molecule has 0 bridgehead atoms. The lowest BCUT2D eigenvalue weighted by molar-refractivity contribution is 0.0904. The minimum absolute atomic E-state index is 0.00673. The third kappa shape index (κ3) is 4.14. The van der Waals surface area contributed by atoms with Crippen LogP contribution in [-0.4, -0.2) is 38.6 Å². The van der Waals surface area contributed by atoms with Crippen LogP contribution in [0.15, 0.2) is 53.8 Å². The summed E-state index contributed by atoms with van der Waals surface area (Å²) in [6.45, 7) is 4.38. The largest absolute Gasteiger partial charge is 0.381 e. The Morgan fingerprint density at radius 3 is 2.75 bits per heavy atom. The molecule has 1 N–H and O–H groups in total. The molecular formula is C21H25N5O2. The number of hydrogen-bond donors (Lipinski definition) is 1. The van der Waals surface area contributed by atoms with Crippen molar-refractivity contribution >= 4 is 5.69 Å². The predicted octanol–water partition coefficient (Wildman–Crippen LogP) is 3.10. The molecule has 0 aromatic carbocycles. The Hall–Kier alpha value is -2.93. The fraction of sp³-hybridized carbons (Fsp3) is 0.381. The van der Waals surface area contributed by atoms with Crippen LogP contribution in [-0.2, 0) is 11.3 Å². The van der Waals surface area contributed by atoms with E-state index in [1.54, 1.807) is 27.6 Å². The maximum Gasteiger partial charge on any atom is 0.250 e. The summed E-state index contributed by atoms with van der Waals surface area (Å²) in [4.78, 5) is 16.5. The van der Waals surface area contributed by atoms with Crippen LogP contribution in [0.25, 0.3) is 16.9 Å². The molecule has 0 unspecified atom stereocenters. The summed E-state index contributed by atoms with van der Waals surface area (Å²) in [6.07, 6.45) is 10.4. The standard InChI is InChI=1S/C21H25N5O2/c1-2-9-25-15-19(4-6-21(25)27)26-14-16(12-23-26)20-5-3-18(13-22-20)24-17-7-10-28-11-8-17/h3-6,12-15,17,24H,2,7-11H2,1H3. The fourth-order valence-corrected chi connectivity index (χ4v) is 3.39. The molecule has 146 valence electrons. The molecule has 0 atom stereocenters. The first-order valence-corrected chi connectivity index (χ1v) is 9.79. The van der Waals surface area contributed by atoms with Crippen LogP contribution in [0.5, 0.6) is 0 Å². The number of nitrogens with one attached hydrogen (secondary N) is 1. The van der Waals surface area contributed by atoms with Crippen molar-refractivity contribution in [3.63, 3.8) is 0 Å². The van der Waals surface area contributed by atoms with E-state index in [0.717, 1.165) is 55.1 Å². The van der Waals surface area contributed by atoms with Crippen LogP contribution in [0, 0.1) is 0 Å². The molecule has 1 fully saturated rings. The Balaban J connectivity index is 1.49. The summed E-state index contributed by atoms with van der Waals surface area (Å²) >= 11 is 0. The molecule has 4 heterocycles. The second kappa shape index (κ2) is 8.39. The summed E-state index contributed by atoms with van der Waals surface area (Å²) in [5.74, 6) is 0. The molecule has 0 radical (unpaired) electrons. The van der Waals surface area contributed by atoms with E-state index < -0.39 is 0 Å². The minimum atomic E-state index is 0.00673. The molecule has 0 spiro atoms. The monoisotopic (exact) mass is 379 g/mol. The first-order chi connectivity index (χ1) is 13.7. The Labute approximate surface area is 164 Å².